The maximum atomic E-state index is 13.1. The Bertz CT molecular complexity index is 1240. The Morgan fingerprint density at radius 1 is 0.769 bits per heavy atom. The fourth-order valence-corrected chi connectivity index (χ4v) is 3.55. The standard InChI is InChI=1S/C30H33NO8/c1-21(22-10-9-13-25(18-22)38-17-8-7-16-37-24-11-5-4-6-12-24)29(33)31-26-15-14-23(30(34)36-3)19-27(26)39-20-28(32)35-2/h4-6,9-15,18-19,21H,7-8,16-17,20H2,1-3H3,(H,31,33). The first-order valence-corrected chi connectivity index (χ1v) is 12.5. The van der Waals surface area contributed by atoms with Crippen molar-refractivity contribution in [1.82, 2.24) is 0 Å². The molecule has 9 heteroatoms. The molecule has 3 rings (SSSR count). The molecule has 39 heavy (non-hydrogen) atoms. The van der Waals surface area contributed by atoms with E-state index in [0.717, 1.165) is 24.2 Å². The van der Waals surface area contributed by atoms with Crippen molar-refractivity contribution in [3.05, 3.63) is 83.9 Å². The zero-order valence-corrected chi connectivity index (χ0v) is 22.3. The normalized spacial score (nSPS) is 11.2. The van der Waals surface area contributed by atoms with E-state index in [1.165, 1.54) is 32.4 Å². The number of nitrogens with one attached hydrogen (secondary N) is 1. The maximum Gasteiger partial charge on any atom is 0.343 e. The van der Waals surface area contributed by atoms with Gasteiger partial charge >= 0.3 is 11.9 Å². The summed E-state index contributed by atoms with van der Waals surface area (Å²) in [6.07, 6.45) is 1.67. The lowest BCUT2D eigenvalue weighted by molar-refractivity contribution is -0.142. The number of hydrogen-bond donors (Lipinski definition) is 1. The number of carbonyl (C=O) groups is 3. The van der Waals surface area contributed by atoms with E-state index in [1.807, 2.05) is 54.6 Å². The molecule has 0 aliphatic carbocycles. The number of unbranched alkanes of at least 4 members (excludes halogenated alkanes) is 1. The van der Waals surface area contributed by atoms with Gasteiger partial charge in [0.15, 0.2) is 6.61 Å². The molecular formula is C30H33NO8. The summed E-state index contributed by atoms with van der Waals surface area (Å²) in [7, 11) is 2.49. The average Bonchev–Trinajstić information content (AvgIpc) is 2.97. The van der Waals surface area contributed by atoms with Gasteiger partial charge in [-0.3, -0.25) is 4.79 Å². The van der Waals surface area contributed by atoms with Gasteiger partial charge in [0, 0.05) is 0 Å². The van der Waals surface area contributed by atoms with Crippen LogP contribution in [-0.2, 0) is 19.1 Å². The van der Waals surface area contributed by atoms with Crippen molar-refractivity contribution < 1.29 is 38.1 Å². The summed E-state index contributed by atoms with van der Waals surface area (Å²) < 4.78 is 26.4. The van der Waals surface area contributed by atoms with Gasteiger partial charge in [0.25, 0.3) is 0 Å². The summed E-state index contributed by atoms with van der Waals surface area (Å²) in [5.74, 6) is -0.368. The SMILES string of the molecule is COC(=O)COc1cc(C(=O)OC)ccc1NC(=O)C(C)c1cccc(OCCCCOc2ccccc2)c1. The van der Waals surface area contributed by atoms with Crippen LogP contribution in [0.15, 0.2) is 72.8 Å². The molecule has 0 saturated heterocycles. The quantitative estimate of drug-likeness (QED) is 0.227. The van der Waals surface area contributed by atoms with Crippen molar-refractivity contribution in [1.29, 1.82) is 0 Å². The lowest BCUT2D eigenvalue weighted by atomic mass is 10.00. The number of anilines is 1. The van der Waals surface area contributed by atoms with Crippen molar-refractivity contribution >= 4 is 23.5 Å². The van der Waals surface area contributed by atoms with Crippen LogP contribution < -0.4 is 19.5 Å². The molecule has 0 spiro atoms. The van der Waals surface area contributed by atoms with Gasteiger partial charge in [-0.15, -0.1) is 0 Å². The van der Waals surface area contributed by atoms with Gasteiger partial charge in [-0.1, -0.05) is 30.3 Å². The zero-order valence-electron chi connectivity index (χ0n) is 22.3. The number of benzene rings is 3. The molecule has 3 aromatic carbocycles. The molecule has 1 unspecified atom stereocenters. The van der Waals surface area contributed by atoms with Crippen LogP contribution >= 0.6 is 0 Å². The van der Waals surface area contributed by atoms with Gasteiger partial charge in [0.2, 0.25) is 5.91 Å². The number of hydrogen-bond acceptors (Lipinski definition) is 8. The number of esters is 2. The smallest absolute Gasteiger partial charge is 0.343 e. The number of methoxy groups -OCH3 is 2. The van der Waals surface area contributed by atoms with Crippen LogP contribution in [0.5, 0.6) is 17.2 Å². The highest BCUT2D eigenvalue weighted by atomic mass is 16.6. The Labute approximate surface area is 228 Å². The van der Waals surface area contributed by atoms with Crippen LogP contribution in [-0.4, -0.2) is 51.9 Å². The topological polar surface area (TPSA) is 109 Å². The Hall–Kier alpha value is -4.53. The second-order valence-electron chi connectivity index (χ2n) is 8.57. The van der Waals surface area contributed by atoms with E-state index in [4.69, 9.17) is 18.9 Å². The summed E-state index contributed by atoms with van der Waals surface area (Å²) in [5, 5.41) is 2.81. The molecule has 1 N–H and O–H groups in total. The van der Waals surface area contributed by atoms with Crippen LogP contribution in [0.25, 0.3) is 0 Å². The maximum absolute atomic E-state index is 13.1. The summed E-state index contributed by atoms with van der Waals surface area (Å²) in [6, 6.07) is 21.4. The minimum absolute atomic E-state index is 0.136. The summed E-state index contributed by atoms with van der Waals surface area (Å²) in [4.78, 5) is 36.6. The average molecular weight is 536 g/mol. The van der Waals surface area contributed by atoms with Crippen LogP contribution in [0.2, 0.25) is 0 Å². The fraction of sp³-hybridized carbons (Fsp3) is 0.300. The summed E-state index contributed by atoms with van der Waals surface area (Å²) >= 11 is 0. The van der Waals surface area contributed by atoms with Crippen LogP contribution in [0.3, 0.4) is 0 Å². The van der Waals surface area contributed by atoms with Crippen molar-refractivity contribution in [2.75, 3.05) is 39.4 Å². The predicted octanol–water partition coefficient (Wildman–Crippen LogP) is 5.01. The highest BCUT2D eigenvalue weighted by molar-refractivity contribution is 5.98. The van der Waals surface area contributed by atoms with Gasteiger partial charge in [0.05, 0.1) is 44.6 Å². The zero-order chi connectivity index (χ0) is 28.0. The number of amides is 1. The van der Waals surface area contributed by atoms with Crippen molar-refractivity contribution in [2.24, 2.45) is 0 Å². The molecular weight excluding hydrogens is 502 g/mol. The fourth-order valence-electron chi connectivity index (χ4n) is 3.55. The first-order valence-electron chi connectivity index (χ1n) is 12.5. The minimum atomic E-state index is -0.607. The third-order valence-corrected chi connectivity index (χ3v) is 5.80. The number of para-hydroxylation sites is 1. The number of ether oxygens (including phenoxy) is 5. The summed E-state index contributed by atoms with van der Waals surface area (Å²) in [6.45, 7) is 2.51. The van der Waals surface area contributed by atoms with Gasteiger partial charge < -0.3 is 29.0 Å². The van der Waals surface area contributed by atoms with E-state index in [0.29, 0.717) is 24.7 Å². The van der Waals surface area contributed by atoms with Crippen LogP contribution in [0, 0.1) is 0 Å². The molecule has 0 radical (unpaired) electrons. The molecule has 0 aliphatic rings. The first-order chi connectivity index (χ1) is 18.9. The second-order valence-corrected chi connectivity index (χ2v) is 8.57. The molecule has 0 fully saturated rings. The van der Waals surface area contributed by atoms with E-state index < -0.39 is 24.5 Å². The molecule has 206 valence electrons. The number of rotatable bonds is 14. The molecule has 0 aromatic heterocycles. The van der Waals surface area contributed by atoms with Crippen molar-refractivity contribution in [2.45, 2.75) is 25.7 Å². The third kappa shape index (κ3) is 9.07. The van der Waals surface area contributed by atoms with Gasteiger partial charge in [-0.2, -0.15) is 0 Å². The Kier molecular flexibility index (Phi) is 11.2. The third-order valence-electron chi connectivity index (χ3n) is 5.80. The lowest BCUT2D eigenvalue weighted by Crippen LogP contribution is -2.20. The van der Waals surface area contributed by atoms with E-state index >= 15 is 0 Å². The first kappa shape index (κ1) is 29.0. The van der Waals surface area contributed by atoms with Gasteiger partial charge in [-0.05, 0) is 67.8 Å². The molecule has 9 nitrogen and oxygen atoms in total. The van der Waals surface area contributed by atoms with E-state index in [-0.39, 0.29) is 17.2 Å². The lowest BCUT2D eigenvalue weighted by Gasteiger charge is -2.17. The Morgan fingerprint density at radius 2 is 1.46 bits per heavy atom. The van der Waals surface area contributed by atoms with Crippen LogP contribution in [0.1, 0.15) is 41.6 Å². The number of carbonyl (C=O) groups excluding carboxylic acids is 3. The Morgan fingerprint density at radius 3 is 2.15 bits per heavy atom. The van der Waals surface area contributed by atoms with Crippen molar-refractivity contribution in [3.8, 4) is 17.2 Å². The van der Waals surface area contributed by atoms with E-state index in [2.05, 4.69) is 10.1 Å². The van der Waals surface area contributed by atoms with Crippen molar-refractivity contribution in [3.63, 3.8) is 0 Å². The monoisotopic (exact) mass is 535 g/mol. The Balaban J connectivity index is 1.56. The molecule has 0 bridgehead atoms. The summed E-state index contributed by atoms with van der Waals surface area (Å²) in [5.41, 5.74) is 1.27. The molecule has 3 aromatic rings. The largest absolute Gasteiger partial charge is 0.494 e. The van der Waals surface area contributed by atoms with Gasteiger partial charge in [0.1, 0.15) is 17.2 Å². The van der Waals surface area contributed by atoms with Crippen LogP contribution in [0.4, 0.5) is 5.69 Å². The molecule has 0 saturated carbocycles. The van der Waals surface area contributed by atoms with E-state index in [1.54, 1.807) is 6.92 Å². The highest BCUT2D eigenvalue weighted by Gasteiger charge is 2.19. The predicted molar refractivity (Wildman–Crippen MR) is 145 cm³/mol. The molecule has 0 aliphatic heterocycles. The minimum Gasteiger partial charge on any atom is -0.494 e. The van der Waals surface area contributed by atoms with Gasteiger partial charge in [-0.25, -0.2) is 9.59 Å². The van der Waals surface area contributed by atoms with E-state index in [9.17, 15) is 14.4 Å². The molecule has 0 heterocycles. The highest BCUT2D eigenvalue weighted by Crippen LogP contribution is 2.29. The molecule has 1 amide bonds. The molecule has 1 atom stereocenters. The second kappa shape index (κ2) is 15.0.